The first-order chi connectivity index (χ1) is 8.00. The summed E-state index contributed by atoms with van der Waals surface area (Å²) >= 11 is 0.750. The van der Waals surface area contributed by atoms with E-state index in [1.807, 2.05) is 0 Å². The third-order valence-corrected chi connectivity index (χ3v) is 3.99. The van der Waals surface area contributed by atoms with Crippen LogP contribution >= 0.6 is 11.5 Å². The summed E-state index contributed by atoms with van der Waals surface area (Å²) in [5.41, 5.74) is 0.676. The fraction of sp³-hybridized carbons (Fsp3) is 0.111. The highest BCUT2D eigenvalue weighted by Crippen LogP contribution is 2.23. The monoisotopic (exact) mass is 271 g/mol. The van der Waals surface area contributed by atoms with Crippen molar-refractivity contribution in [3.63, 3.8) is 0 Å². The van der Waals surface area contributed by atoms with E-state index in [1.54, 1.807) is 31.4 Å². The Kier molecular flexibility index (Phi) is 3.09. The van der Waals surface area contributed by atoms with Crippen LogP contribution in [0.25, 0.3) is 11.4 Å². The fourth-order valence-corrected chi connectivity index (χ4v) is 2.38. The molecule has 2 rings (SSSR count). The van der Waals surface area contributed by atoms with Crippen molar-refractivity contribution >= 4 is 21.6 Å². The molecule has 0 unspecified atom stereocenters. The molecule has 0 aliphatic heterocycles. The number of rotatable bonds is 3. The number of methoxy groups -OCH3 is 1. The number of nitrogens with two attached hydrogens (primary N) is 1. The zero-order valence-corrected chi connectivity index (χ0v) is 10.5. The molecule has 2 aromatic rings. The quantitative estimate of drug-likeness (QED) is 0.893. The van der Waals surface area contributed by atoms with Crippen LogP contribution in [-0.4, -0.2) is 24.9 Å². The fourth-order valence-electron chi connectivity index (χ4n) is 1.20. The first-order valence-electron chi connectivity index (χ1n) is 4.51. The van der Waals surface area contributed by atoms with E-state index in [9.17, 15) is 8.42 Å². The topological polar surface area (TPSA) is 95.2 Å². The highest BCUT2D eigenvalue weighted by molar-refractivity contribution is 7.91. The summed E-state index contributed by atoms with van der Waals surface area (Å²) < 4.78 is 30.9. The van der Waals surface area contributed by atoms with Crippen LogP contribution < -0.4 is 9.88 Å². The van der Waals surface area contributed by atoms with Gasteiger partial charge in [0.05, 0.1) is 7.11 Å². The molecule has 0 radical (unpaired) electrons. The Balaban J connectivity index is 2.43. The molecule has 1 heterocycles. The third kappa shape index (κ3) is 2.60. The maximum Gasteiger partial charge on any atom is 0.266 e. The molecule has 0 bridgehead atoms. The van der Waals surface area contributed by atoms with Crippen LogP contribution in [0.2, 0.25) is 0 Å². The second-order valence-corrected chi connectivity index (χ2v) is 5.65. The Morgan fingerprint density at radius 3 is 2.76 bits per heavy atom. The van der Waals surface area contributed by atoms with E-state index in [4.69, 9.17) is 9.88 Å². The lowest BCUT2D eigenvalue weighted by atomic mass is 10.2. The van der Waals surface area contributed by atoms with Gasteiger partial charge < -0.3 is 4.74 Å². The third-order valence-electron chi connectivity index (χ3n) is 1.98. The zero-order chi connectivity index (χ0) is 12.5. The van der Waals surface area contributed by atoms with E-state index < -0.39 is 10.0 Å². The number of sulfonamides is 1. The van der Waals surface area contributed by atoms with Gasteiger partial charge in [-0.25, -0.2) is 18.5 Å². The lowest BCUT2D eigenvalue weighted by molar-refractivity contribution is 0.415. The van der Waals surface area contributed by atoms with Crippen LogP contribution in [0, 0.1) is 0 Å². The van der Waals surface area contributed by atoms with Gasteiger partial charge in [0.15, 0.2) is 5.82 Å². The highest BCUT2D eigenvalue weighted by Gasteiger charge is 2.15. The van der Waals surface area contributed by atoms with Crippen molar-refractivity contribution < 1.29 is 13.2 Å². The maximum atomic E-state index is 11.1. The second-order valence-electron chi connectivity index (χ2n) is 3.16. The van der Waals surface area contributed by atoms with Gasteiger partial charge >= 0.3 is 0 Å². The second kappa shape index (κ2) is 4.40. The van der Waals surface area contributed by atoms with E-state index in [1.165, 1.54) is 0 Å². The molecule has 6 nitrogen and oxygen atoms in total. The normalized spacial score (nSPS) is 11.4. The van der Waals surface area contributed by atoms with Crippen LogP contribution in [0.1, 0.15) is 0 Å². The molecule has 1 aromatic heterocycles. The summed E-state index contributed by atoms with van der Waals surface area (Å²) in [6.07, 6.45) is 0. The molecule has 0 saturated heterocycles. The first-order valence-corrected chi connectivity index (χ1v) is 6.83. The number of aromatic nitrogens is 2. The van der Waals surface area contributed by atoms with E-state index in [2.05, 4.69) is 9.36 Å². The van der Waals surface area contributed by atoms with E-state index in [0.29, 0.717) is 17.1 Å². The number of hydrogen-bond donors (Lipinski definition) is 1. The van der Waals surface area contributed by atoms with E-state index in [-0.39, 0.29) is 4.34 Å². The van der Waals surface area contributed by atoms with Gasteiger partial charge in [-0.15, -0.1) is 0 Å². The molecular formula is C9H9N3O3S2. The minimum absolute atomic E-state index is 0.199. The molecule has 0 aliphatic carbocycles. The average molecular weight is 271 g/mol. The van der Waals surface area contributed by atoms with Crippen LogP contribution in [0.3, 0.4) is 0 Å². The predicted octanol–water partition coefficient (Wildman–Crippen LogP) is 0.861. The van der Waals surface area contributed by atoms with Crippen molar-refractivity contribution in [2.45, 2.75) is 4.34 Å². The number of ether oxygens (including phenoxy) is 1. The van der Waals surface area contributed by atoms with Gasteiger partial charge in [0, 0.05) is 5.56 Å². The summed E-state index contributed by atoms with van der Waals surface area (Å²) in [5.74, 6) is 0.965. The Bertz CT molecular complexity index is 636. The summed E-state index contributed by atoms with van der Waals surface area (Å²) in [7, 11) is -2.25. The number of nitrogens with zero attached hydrogens (tertiary/aromatic N) is 2. The van der Waals surface area contributed by atoms with Crippen molar-refractivity contribution in [2.24, 2.45) is 5.14 Å². The zero-order valence-electron chi connectivity index (χ0n) is 8.82. The molecule has 0 saturated carbocycles. The smallest absolute Gasteiger partial charge is 0.266 e. The van der Waals surface area contributed by atoms with Crippen molar-refractivity contribution in [3.05, 3.63) is 24.3 Å². The Hall–Kier alpha value is -1.51. The van der Waals surface area contributed by atoms with Crippen LogP contribution in [0.5, 0.6) is 5.75 Å². The number of primary sulfonamides is 1. The average Bonchev–Trinajstić information content (AvgIpc) is 2.78. The van der Waals surface area contributed by atoms with Crippen LogP contribution in [0.15, 0.2) is 28.6 Å². The van der Waals surface area contributed by atoms with Gasteiger partial charge in [-0.2, -0.15) is 4.37 Å². The Labute approximate surface area is 102 Å². The Morgan fingerprint density at radius 1 is 1.41 bits per heavy atom. The molecule has 0 aliphatic rings. The van der Waals surface area contributed by atoms with Crippen molar-refractivity contribution in [3.8, 4) is 17.1 Å². The van der Waals surface area contributed by atoms with Crippen molar-refractivity contribution in [1.82, 2.24) is 9.36 Å². The summed E-state index contributed by atoms with van der Waals surface area (Å²) in [6, 6.07) is 7.02. The van der Waals surface area contributed by atoms with Crippen molar-refractivity contribution in [1.29, 1.82) is 0 Å². The largest absolute Gasteiger partial charge is 0.497 e. The van der Waals surface area contributed by atoms with Gasteiger partial charge in [-0.1, -0.05) is 12.1 Å². The van der Waals surface area contributed by atoms with Crippen LogP contribution in [-0.2, 0) is 10.0 Å². The highest BCUT2D eigenvalue weighted by atomic mass is 32.2. The molecule has 90 valence electrons. The lowest BCUT2D eigenvalue weighted by Crippen LogP contribution is -2.11. The van der Waals surface area contributed by atoms with Gasteiger partial charge in [0.2, 0.25) is 4.34 Å². The number of benzene rings is 1. The molecular weight excluding hydrogens is 262 g/mol. The molecule has 2 N–H and O–H groups in total. The molecule has 0 fully saturated rings. The molecule has 0 amide bonds. The minimum atomic E-state index is -3.79. The summed E-state index contributed by atoms with van der Waals surface area (Å²) in [5, 5.41) is 4.96. The standard InChI is InChI=1S/C9H9N3O3S2/c1-15-7-4-2-3-6(5-7)8-11-9(16-12-8)17(10,13)14/h2-5H,1H3,(H2,10,13,14). The molecule has 1 aromatic carbocycles. The lowest BCUT2D eigenvalue weighted by Gasteiger charge is -2.00. The summed E-state index contributed by atoms with van der Waals surface area (Å²) in [4.78, 5) is 3.87. The van der Waals surface area contributed by atoms with Crippen LogP contribution in [0.4, 0.5) is 0 Å². The van der Waals surface area contributed by atoms with Gasteiger partial charge in [0.25, 0.3) is 10.0 Å². The molecule has 17 heavy (non-hydrogen) atoms. The molecule has 0 spiro atoms. The first kappa shape index (κ1) is 12.0. The molecule has 8 heteroatoms. The van der Waals surface area contributed by atoms with Gasteiger partial charge in [-0.05, 0) is 23.7 Å². The van der Waals surface area contributed by atoms with Crippen molar-refractivity contribution in [2.75, 3.05) is 7.11 Å². The predicted molar refractivity (Wildman–Crippen MR) is 63.3 cm³/mol. The van der Waals surface area contributed by atoms with Gasteiger partial charge in [0.1, 0.15) is 5.75 Å². The maximum absolute atomic E-state index is 11.1. The molecule has 0 atom stereocenters. The summed E-state index contributed by atoms with van der Waals surface area (Å²) in [6.45, 7) is 0. The van der Waals surface area contributed by atoms with E-state index in [0.717, 1.165) is 11.5 Å². The number of hydrogen-bond acceptors (Lipinski definition) is 6. The van der Waals surface area contributed by atoms with E-state index >= 15 is 0 Å². The SMILES string of the molecule is COc1cccc(-c2nsc(S(N)(=O)=O)n2)c1. The minimum Gasteiger partial charge on any atom is -0.497 e. The van der Waals surface area contributed by atoms with Gasteiger partial charge in [-0.3, -0.25) is 0 Å². The Morgan fingerprint density at radius 2 is 2.18 bits per heavy atom.